The van der Waals surface area contributed by atoms with E-state index in [0.717, 1.165) is 18.1 Å². The standard InChI is InChI=1S/C13H25N3O3Si/c1-6-20(7-2,8-3)19-13(4,5)11-15-10-12(9-14-15)16(17)18/h9-10H,6-8,11H2,1-5H3. The van der Waals surface area contributed by atoms with E-state index in [-0.39, 0.29) is 11.3 Å². The summed E-state index contributed by atoms with van der Waals surface area (Å²) in [5.74, 6) is 0. The van der Waals surface area contributed by atoms with Crippen molar-refractivity contribution in [3.8, 4) is 0 Å². The molecule has 0 radical (unpaired) electrons. The highest BCUT2D eigenvalue weighted by atomic mass is 28.4. The van der Waals surface area contributed by atoms with Gasteiger partial charge in [0.25, 0.3) is 0 Å². The van der Waals surface area contributed by atoms with Crippen LogP contribution in [-0.4, -0.2) is 28.6 Å². The van der Waals surface area contributed by atoms with Crippen LogP contribution in [0.1, 0.15) is 34.6 Å². The summed E-state index contributed by atoms with van der Waals surface area (Å²) >= 11 is 0. The second-order valence-corrected chi connectivity index (χ2v) is 10.5. The summed E-state index contributed by atoms with van der Waals surface area (Å²) < 4.78 is 8.05. The molecule has 0 spiro atoms. The van der Waals surface area contributed by atoms with Gasteiger partial charge >= 0.3 is 5.69 Å². The van der Waals surface area contributed by atoms with E-state index in [1.165, 1.54) is 12.4 Å². The van der Waals surface area contributed by atoms with E-state index in [4.69, 9.17) is 4.43 Å². The maximum Gasteiger partial charge on any atom is 0.306 e. The molecule has 1 aromatic heterocycles. The lowest BCUT2D eigenvalue weighted by Crippen LogP contribution is -2.46. The molecule has 0 bridgehead atoms. The molecule has 20 heavy (non-hydrogen) atoms. The maximum absolute atomic E-state index is 10.7. The maximum atomic E-state index is 10.7. The fourth-order valence-corrected chi connectivity index (χ4v) is 5.68. The minimum atomic E-state index is -1.70. The van der Waals surface area contributed by atoms with Crippen LogP contribution in [0.4, 0.5) is 5.69 Å². The molecule has 0 amide bonds. The van der Waals surface area contributed by atoms with Crippen LogP contribution in [0, 0.1) is 10.1 Å². The van der Waals surface area contributed by atoms with E-state index in [1.54, 1.807) is 4.68 Å². The fraction of sp³-hybridized carbons (Fsp3) is 0.769. The summed E-state index contributed by atoms with van der Waals surface area (Å²) in [6.45, 7) is 11.2. The van der Waals surface area contributed by atoms with Crippen LogP contribution in [0.15, 0.2) is 12.4 Å². The Hall–Kier alpha value is -1.21. The number of hydrogen-bond acceptors (Lipinski definition) is 4. The Morgan fingerprint density at radius 2 is 1.90 bits per heavy atom. The number of nitrogens with zero attached hydrogens (tertiary/aromatic N) is 3. The van der Waals surface area contributed by atoms with Crippen LogP contribution in [0.3, 0.4) is 0 Å². The molecule has 0 aliphatic carbocycles. The number of nitro groups is 1. The summed E-state index contributed by atoms with van der Waals surface area (Å²) in [7, 11) is -1.70. The first-order valence-electron chi connectivity index (χ1n) is 7.14. The minimum Gasteiger partial charge on any atom is -0.410 e. The van der Waals surface area contributed by atoms with Crippen LogP contribution in [0.5, 0.6) is 0 Å². The van der Waals surface area contributed by atoms with Crippen molar-refractivity contribution >= 4 is 14.0 Å². The van der Waals surface area contributed by atoms with E-state index in [2.05, 4.69) is 25.9 Å². The molecule has 0 fully saturated rings. The lowest BCUT2D eigenvalue weighted by Gasteiger charge is -2.38. The van der Waals surface area contributed by atoms with E-state index in [0.29, 0.717) is 6.54 Å². The monoisotopic (exact) mass is 299 g/mol. The average Bonchev–Trinajstić information content (AvgIpc) is 2.84. The van der Waals surface area contributed by atoms with Gasteiger partial charge in [-0.3, -0.25) is 14.8 Å². The van der Waals surface area contributed by atoms with Gasteiger partial charge in [-0.1, -0.05) is 20.8 Å². The van der Waals surface area contributed by atoms with Gasteiger partial charge in [-0.2, -0.15) is 5.10 Å². The van der Waals surface area contributed by atoms with Gasteiger partial charge in [-0.15, -0.1) is 0 Å². The summed E-state index contributed by atoms with van der Waals surface area (Å²) in [4.78, 5) is 10.2. The van der Waals surface area contributed by atoms with Gasteiger partial charge in [-0.05, 0) is 32.0 Å². The van der Waals surface area contributed by atoms with Crippen LogP contribution in [0.25, 0.3) is 0 Å². The van der Waals surface area contributed by atoms with Gasteiger partial charge in [0.15, 0.2) is 8.32 Å². The molecular formula is C13H25N3O3Si. The van der Waals surface area contributed by atoms with Crippen molar-refractivity contribution in [3.05, 3.63) is 22.5 Å². The zero-order chi connectivity index (χ0) is 15.4. The summed E-state index contributed by atoms with van der Waals surface area (Å²) in [5.41, 5.74) is -0.348. The Bertz CT molecular complexity index is 447. The van der Waals surface area contributed by atoms with Crippen LogP contribution in [0.2, 0.25) is 18.1 Å². The molecule has 7 heteroatoms. The molecule has 0 aromatic carbocycles. The third-order valence-corrected chi connectivity index (χ3v) is 8.65. The Morgan fingerprint density at radius 1 is 1.35 bits per heavy atom. The predicted molar refractivity (Wildman–Crippen MR) is 81.2 cm³/mol. The summed E-state index contributed by atoms with van der Waals surface area (Å²) in [5, 5.41) is 14.7. The Kier molecular flexibility index (Phi) is 5.47. The molecule has 0 saturated carbocycles. The van der Waals surface area contributed by atoms with Gasteiger partial charge in [-0.25, -0.2) is 0 Å². The van der Waals surface area contributed by atoms with Crippen LogP contribution >= 0.6 is 0 Å². The molecule has 114 valence electrons. The van der Waals surface area contributed by atoms with Gasteiger partial charge in [0, 0.05) is 0 Å². The fourth-order valence-electron chi connectivity index (χ4n) is 2.51. The number of rotatable bonds is 8. The van der Waals surface area contributed by atoms with Crippen molar-refractivity contribution in [3.63, 3.8) is 0 Å². The molecule has 0 unspecified atom stereocenters. The van der Waals surface area contributed by atoms with Crippen molar-refractivity contribution in [1.29, 1.82) is 0 Å². The molecule has 0 atom stereocenters. The quantitative estimate of drug-likeness (QED) is 0.418. The van der Waals surface area contributed by atoms with Crippen LogP contribution in [-0.2, 0) is 11.0 Å². The second-order valence-electron chi connectivity index (χ2n) is 5.76. The van der Waals surface area contributed by atoms with Gasteiger partial charge in [0.2, 0.25) is 0 Å². The molecule has 0 aliphatic rings. The Morgan fingerprint density at radius 3 is 2.30 bits per heavy atom. The molecule has 0 saturated heterocycles. The zero-order valence-electron chi connectivity index (χ0n) is 13.0. The average molecular weight is 299 g/mol. The van der Waals surface area contributed by atoms with E-state index >= 15 is 0 Å². The van der Waals surface area contributed by atoms with Gasteiger partial charge in [0.1, 0.15) is 12.4 Å². The van der Waals surface area contributed by atoms with Gasteiger partial charge in [0.05, 0.1) is 17.1 Å². The molecule has 6 nitrogen and oxygen atoms in total. The second kappa shape index (κ2) is 6.49. The first kappa shape index (κ1) is 16.8. The minimum absolute atomic E-state index is 0.0192. The number of hydrogen-bond donors (Lipinski definition) is 0. The van der Waals surface area contributed by atoms with Crippen molar-refractivity contribution < 1.29 is 9.35 Å². The largest absolute Gasteiger partial charge is 0.410 e. The van der Waals surface area contributed by atoms with E-state index in [1.807, 2.05) is 13.8 Å². The number of aromatic nitrogens is 2. The summed E-state index contributed by atoms with van der Waals surface area (Å²) in [6.07, 6.45) is 2.73. The molecule has 1 rings (SSSR count). The highest BCUT2D eigenvalue weighted by Crippen LogP contribution is 2.28. The predicted octanol–water partition coefficient (Wildman–Crippen LogP) is 3.59. The molecule has 1 heterocycles. The third-order valence-electron chi connectivity index (χ3n) is 3.80. The first-order valence-corrected chi connectivity index (χ1v) is 9.67. The van der Waals surface area contributed by atoms with Gasteiger partial charge < -0.3 is 4.43 Å². The van der Waals surface area contributed by atoms with Crippen molar-refractivity contribution in [2.45, 2.75) is 64.9 Å². The smallest absolute Gasteiger partial charge is 0.306 e. The van der Waals surface area contributed by atoms with E-state index in [9.17, 15) is 10.1 Å². The SMILES string of the molecule is CC[Si](CC)(CC)OC(C)(C)Cn1cc([N+](=O)[O-])cn1. The zero-order valence-corrected chi connectivity index (χ0v) is 14.0. The van der Waals surface area contributed by atoms with Crippen molar-refractivity contribution in [2.75, 3.05) is 0 Å². The third kappa shape index (κ3) is 4.14. The lowest BCUT2D eigenvalue weighted by molar-refractivity contribution is -0.385. The lowest BCUT2D eigenvalue weighted by atomic mass is 10.1. The Labute approximate surface area is 121 Å². The highest BCUT2D eigenvalue weighted by Gasteiger charge is 2.36. The normalized spacial score (nSPS) is 12.7. The molecule has 0 N–H and O–H groups in total. The van der Waals surface area contributed by atoms with Crippen molar-refractivity contribution in [2.24, 2.45) is 0 Å². The van der Waals surface area contributed by atoms with E-state index < -0.39 is 13.2 Å². The Balaban J connectivity index is 2.80. The molecule has 1 aromatic rings. The highest BCUT2D eigenvalue weighted by molar-refractivity contribution is 6.73. The van der Waals surface area contributed by atoms with Crippen LogP contribution < -0.4 is 0 Å². The first-order chi connectivity index (χ1) is 9.27. The molecule has 0 aliphatic heterocycles. The van der Waals surface area contributed by atoms with Crippen molar-refractivity contribution in [1.82, 2.24) is 9.78 Å². The topological polar surface area (TPSA) is 70.2 Å². The molecular weight excluding hydrogens is 274 g/mol. The summed E-state index contributed by atoms with van der Waals surface area (Å²) in [6, 6.07) is 3.26.